The number of rotatable bonds is 7. The molecule has 0 radical (unpaired) electrons. The summed E-state index contributed by atoms with van der Waals surface area (Å²) < 4.78 is 27.3. The molecule has 0 bridgehead atoms. The Morgan fingerprint density at radius 1 is 0.857 bits per heavy atom. The number of ketones is 2. The molecule has 0 amide bonds. The molecular weight excluding hydrogens is 596 g/mol. The van der Waals surface area contributed by atoms with Crippen LogP contribution < -0.4 is 4.72 Å². The van der Waals surface area contributed by atoms with Crippen molar-refractivity contribution in [1.29, 1.82) is 0 Å². The third-order valence-electron chi connectivity index (χ3n) is 6.24. The van der Waals surface area contributed by atoms with Gasteiger partial charge in [-0.1, -0.05) is 24.0 Å². The van der Waals surface area contributed by atoms with Gasteiger partial charge in [0.25, 0.3) is 10.0 Å². The SMILES string of the molecule is CC(=O)c1ccc(C#Cc2ccc(S(=O)(=O)NC(O)(C(C)=O)C(O)(O)c3c(O)[nH]c4c(O)c(O)c(O)c(O)c34)s2)cc1. The van der Waals surface area contributed by atoms with Crippen LogP contribution in [0, 0.1) is 11.8 Å². The summed E-state index contributed by atoms with van der Waals surface area (Å²) >= 11 is 0.588. The van der Waals surface area contributed by atoms with Gasteiger partial charge in [0.2, 0.25) is 23.0 Å². The Morgan fingerprint density at radius 2 is 1.45 bits per heavy atom. The second kappa shape index (κ2) is 10.3. The average molecular weight is 619 g/mol. The first-order valence-electron chi connectivity index (χ1n) is 11.6. The standard InChI is InChI=1S/C26H22N2O12S2/c1-11(29)14-6-3-13(4-7-14)5-8-15-9-10-16(41-15)42(39,40)28-25(36,12(2)30)26(37,38)18-17-19(27-24(18)35)21(32)23(34)22(33)20(17)31/h3-4,6-7,9-10,27-28,31-38H,1-2H3. The number of aliphatic hydroxyl groups is 3. The fraction of sp³-hybridized carbons (Fsp3) is 0.154. The maximum atomic E-state index is 13.2. The second-order valence-electron chi connectivity index (χ2n) is 9.04. The summed E-state index contributed by atoms with van der Waals surface area (Å²) in [5.74, 6) is -6.74. The molecule has 2 aromatic carbocycles. The highest BCUT2D eigenvalue weighted by Crippen LogP contribution is 2.53. The summed E-state index contributed by atoms with van der Waals surface area (Å²) in [7, 11) is -4.93. The van der Waals surface area contributed by atoms with Crippen LogP contribution in [0.1, 0.15) is 40.2 Å². The highest BCUT2D eigenvalue weighted by Gasteiger charge is 2.59. The van der Waals surface area contributed by atoms with E-state index in [0.717, 1.165) is 6.07 Å². The van der Waals surface area contributed by atoms with E-state index in [1.165, 1.54) is 17.7 Å². The molecule has 1 unspecified atom stereocenters. The average Bonchev–Trinajstić information content (AvgIpc) is 3.55. The van der Waals surface area contributed by atoms with E-state index in [4.69, 9.17) is 0 Å². The van der Waals surface area contributed by atoms with Gasteiger partial charge < -0.3 is 45.8 Å². The molecule has 0 fully saturated rings. The third kappa shape index (κ3) is 4.90. The molecule has 4 aromatic rings. The van der Waals surface area contributed by atoms with E-state index >= 15 is 0 Å². The van der Waals surface area contributed by atoms with Crippen LogP contribution in [0.4, 0.5) is 0 Å². The third-order valence-corrected chi connectivity index (χ3v) is 9.17. The molecule has 16 heteroatoms. The topological polar surface area (TPSA) is 258 Å². The monoisotopic (exact) mass is 618 g/mol. The van der Waals surface area contributed by atoms with Crippen LogP contribution in [0.2, 0.25) is 0 Å². The molecule has 10 N–H and O–H groups in total. The molecule has 4 rings (SSSR count). The molecule has 0 aliphatic carbocycles. The molecule has 42 heavy (non-hydrogen) atoms. The summed E-state index contributed by atoms with van der Waals surface area (Å²) in [6.45, 7) is 1.99. The van der Waals surface area contributed by atoms with Crippen molar-refractivity contribution < 1.29 is 58.9 Å². The van der Waals surface area contributed by atoms with Crippen molar-refractivity contribution in [3.05, 3.63) is 58.0 Å². The van der Waals surface area contributed by atoms with Gasteiger partial charge in [-0.3, -0.25) is 9.59 Å². The van der Waals surface area contributed by atoms with Crippen LogP contribution in [0.15, 0.2) is 40.6 Å². The Kier molecular flexibility index (Phi) is 7.46. The van der Waals surface area contributed by atoms with Crippen LogP contribution in [-0.2, 0) is 20.6 Å². The molecule has 0 saturated carbocycles. The number of carbonyl (C=O) groups excluding carboxylic acids is 2. The molecule has 1 atom stereocenters. The Bertz CT molecular complexity index is 1930. The van der Waals surface area contributed by atoms with Gasteiger partial charge in [-0.15, -0.1) is 11.3 Å². The lowest BCUT2D eigenvalue weighted by Gasteiger charge is -2.37. The van der Waals surface area contributed by atoms with Gasteiger partial charge in [-0.25, -0.2) is 8.42 Å². The van der Waals surface area contributed by atoms with E-state index in [2.05, 4.69) is 11.8 Å². The second-order valence-corrected chi connectivity index (χ2v) is 12.0. The summed E-state index contributed by atoms with van der Waals surface area (Å²) in [4.78, 5) is 26.1. The minimum absolute atomic E-state index is 0.136. The molecule has 2 aromatic heterocycles. The van der Waals surface area contributed by atoms with Gasteiger partial charge in [0, 0.05) is 11.1 Å². The summed E-state index contributed by atoms with van der Waals surface area (Å²) in [6.07, 6.45) is 0. The minimum atomic E-state index is -4.93. The Balaban J connectivity index is 1.73. The van der Waals surface area contributed by atoms with Crippen LogP contribution in [0.5, 0.6) is 28.9 Å². The number of phenols is 4. The number of thiophene rings is 1. The molecule has 0 spiro atoms. The number of benzene rings is 2. The molecule has 14 nitrogen and oxygen atoms in total. The zero-order valence-corrected chi connectivity index (χ0v) is 23.1. The molecule has 0 aliphatic heterocycles. The number of phenolic OH excluding ortho intramolecular Hbond substituents is 4. The first kappa shape index (κ1) is 30.3. The van der Waals surface area contributed by atoms with Crippen LogP contribution in [0.25, 0.3) is 10.9 Å². The first-order valence-corrected chi connectivity index (χ1v) is 13.9. The molecule has 2 heterocycles. The molecular formula is C26H22N2O12S2. The minimum Gasteiger partial charge on any atom is -0.504 e. The zero-order chi connectivity index (χ0) is 31.4. The number of aromatic hydroxyl groups is 5. The zero-order valence-electron chi connectivity index (χ0n) is 21.5. The lowest BCUT2D eigenvalue weighted by atomic mass is 9.91. The van der Waals surface area contributed by atoms with E-state index in [0.29, 0.717) is 29.4 Å². The van der Waals surface area contributed by atoms with Gasteiger partial charge >= 0.3 is 0 Å². The number of hydrogen-bond acceptors (Lipinski definition) is 13. The number of H-pyrrole nitrogens is 1. The van der Waals surface area contributed by atoms with E-state index in [9.17, 15) is 58.9 Å². The summed E-state index contributed by atoms with van der Waals surface area (Å²) in [5, 5.41) is 82.5. The number of nitrogens with one attached hydrogen (secondary N) is 2. The van der Waals surface area contributed by atoms with Crippen molar-refractivity contribution >= 4 is 43.8 Å². The largest absolute Gasteiger partial charge is 0.504 e. The number of aromatic nitrogens is 1. The van der Waals surface area contributed by atoms with Crippen molar-refractivity contribution in [2.24, 2.45) is 0 Å². The van der Waals surface area contributed by atoms with E-state index in [1.807, 2.05) is 4.98 Å². The van der Waals surface area contributed by atoms with Crippen molar-refractivity contribution in [2.75, 3.05) is 0 Å². The molecule has 220 valence electrons. The lowest BCUT2D eigenvalue weighted by Crippen LogP contribution is -2.66. The normalized spacial score (nSPS) is 13.4. The maximum absolute atomic E-state index is 13.2. The number of Topliss-reactive ketones (excluding diaryl/α,β-unsaturated/α-hetero) is 2. The first-order chi connectivity index (χ1) is 19.4. The number of aromatic amines is 1. The smallest absolute Gasteiger partial charge is 0.252 e. The number of sulfonamides is 1. The van der Waals surface area contributed by atoms with Gasteiger partial charge in [0.05, 0.1) is 21.3 Å². The number of fused-ring (bicyclic) bond motifs is 1. The van der Waals surface area contributed by atoms with Crippen molar-refractivity contribution in [3.8, 4) is 40.7 Å². The van der Waals surface area contributed by atoms with Gasteiger partial charge in [0.15, 0.2) is 28.9 Å². The molecule has 0 aliphatic rings. The maximum Gasteiger partial charge on any atom is 0.252 e. The Labute approximate surface area is 240 Å². The Morgan fingerprint density at radius 3 is 2.02 bits per heavy atom. The van der Waals surface area contributed by atoms with Gasteiger partial charge in [0.1, 0.15) is 4.21 Å². The van der Waals surface area contributed by atoms with E-state index in [1.54, 1.807) is 24.3 Å². The highest BCUT2D eigenvalue weighted by molar-refractivity contribution is 7.91. The van der Waals surface area contributed by atoms with Gasteiger partial charge in [-0.2, -0.15) is 4.72 Å². The summed E-state index contributed by atoms with van der Waals surface area (Å²) in [6, 6.07) is 8.66. The van der Waals surface area contributed by atoms with Crippen LogP contribution >= 0.6 is 11.3 Å². The van der Waals surface area contributed by atoms with Crippen LogP contribution in [0.3, 0.4) is 0 Å². The summed E-state index contributed by atoms with van der Waals surface area (Å²) in [5.41, 5.74) is -4.97. The highest BCUT2D eigenvalue weighted by atomic mass is 32.2. The molecule has 0 saturated heterocycles. The quantitative estimate of drug-likeness (QED) is 0.0453. The van der Waals surface area contributed by atoms with E-state index < -0.39 is 76.9 Å². The predicted molar refractivity (Wildman–Crippen MR) is 145 cm³/mol. The van der Waals surface area contributed by atoms with Crippen molar-refractivity contribution in [1.82, 2.24) is 9.71 Å². The van der Waals surface area contributed by atoms with Crippen LogP contribution in [-0.4, -0.2) is 71.5 Å². The van der Waals surface area contributed by atoms with Gasteiger partial charge in [-0.05, 0) is 38.1 Å². The lowest BCUT2D eigenvalue weighted by molar-refractivity contribution is -0.276. The number of carbonyl (C=O) groups is 2. The fourth-order valence-electron chi connectivity index (χ4n) is 3.97. The van der Waals surface area contributed by atoms with Crippen molar-refractivity contribution in [2.45, 2.75) is 29.6 Å². The number of hydrogen-bond donors (Lipinski definition) is 10. The van der Waals surface area contributed by atoms with E-state index in [-0.39, 0.29) is 10.7 Å². The fourth-order valence-corrected chi connectivity index (χ4v) is 6.42. The van der Waals surface area contributed by atoms with Crippen molar-refractivity contribution in [3.63, 3.8) is 0 Å². The Hall–Kier alpha value is -4.63. The predicted octanol–water partition coefficient (Wildman–Crippen LogP) is 0.753.